The molecule has 0 radical (unpaired) electrons. The second-order valence-electron chi connectivity index (χ2n) is 6.25. The quantitative estimate of drug-likeness (QED) is 0.445. The minimum atomic E-state index is -1.44. The van der Waals surface area contributed by atoms with Gasteiger partial charge in [-0.05, 0) is 5.56 Å². The van der Waals surface area contributed by atoms with Crippen LogP contribution in [0.4, 0.5) is 0 Å². The molecule has 0 spiro atoms. The van der Waals surface area contributed by atoms with Crippen LogP contribution in [0.3, 0.4) is 0 Å². The van der Waals surface area contributed by atoms with Gasteiger partial charge in [0.05, 0.1) is 0 Å². The highest BCUT2D eigenvalue weighted by atomic mass is 32.2. The summed E-state index contributed by atoms with van der Waals surface area (Å²) in [4.78, 5) is 48.5. The Balaban J connectivity index is 1.72. The number of carboxylic acids is 1. The lowest BCUT2D eigenvalue weighted by Crippen LogP contribution is -2.71. The zero-order valence-electron chi connectivity index (χ0n) is 14.8. The van der Waals surface area contributed by atoms with E-state index in [0.717, 1.165) is 4.90 Å². The molecule has 3 atom stereocenters. The van der Waals surface area contributed by atoms with Gasteiger partial charge in [-0.3, -0.25) is 19.3 Å². The van der Waals surface area contributed by atoms with E-state index in [1.165, 1.54) is 18.7 Å². The number of carbonyl (C=O) groups excluding carboxylic acids is 3. The van der Waals surface area contributed by atoms with Crippen molar-refractivity contribution in [3.8, 4) is 0 Å². The van der Waals surface area contributed by atoms with Crippen LogP contribution in [0.1, 0.15) is 18.6 Å². The summed E-state index contributed by atoms with van der Waals surface area (Å²) in [6, 6.07) is 7.32. The number of rotatable bonds is 6. The highest BCUT2D eigenvalue weighted by molar-refractivity contribution is 8.00. The minimum absolute atomic E-state index is 0.218. The highest BCUT2D eigenvalue weighted by Gasteiger charge is 2.54. The maximum absolute atomic E-state index is 12.5. The first-order chi connectivity index (χ1) is 13.3. The van der Waals surface area contributed by atoms with Crippen molar-refractivity contribution in [2.24, 2.45) is 0 Å². The van der Waals surface area contributed by atoms with Gasteiger partial charge in [0.2, 0.25) is 0 Å². The van der Waals surface area contributed by atoms with Crippen molar-refractivity contribution in [3.05, 3.63) is 47.2 Å². The molecule has 1 fully saturated rings. The maximum atomic E-state index is 12.5. The van der Waals surface area contributed by atoms with E-state index in [1.807, 2.05) is 0 Å². The molecule has 1 saturated heterocycles. The lowest BCUT2D eigenvalue weighted by molar-refractivity contribution is -0.152. The molecule has 2 aliphatic heterocycles. The second kappa shape index (κ2) is 8.03. The number of amides is 2. The molecule has 28 heavy (non-hydrogen) atoms. The Morgan fingerprint density at radius 3 is 2.61 bits per heavy atom. The number of carboxylic acid groups (broad SMARTS) is 1. The van der Waals surface area contributed by atoms with Crippen LogP contribution in [0.25, 0.3) is 0 Å². The van der Waals surface area contributed by atoms with Crippen molar-refractivity contribution in [1.29, 1.82) is 0 Å². The van der Waals surface area contributed by atoms with E-state index in [1.54, 1.807) is 30.3 Å². The number of β-lactam (4-membered cyclic amide) rings is 1. The number of nitrogens with zero attached hydrogens (tertiary/aromatic N) is 1. The monoisotopic (exact) mass is 406 g/mol. The van der Waals surface area contributed by atoms with Crippen LogP contribution >= 0.6 is 11.8 Å². The number of thioether (sulfide) groups is 1. The summed E-state index contributed by atoms with van der Waals surface area (Å²) >= 11 is 1.25. The van der Waals surface area contributed by atoms with Crippen molar-refractivity contribution in [2.75, 3.05) is 12.4 Å². The van der Waals surface area contributed by atoms with E-state index in [2.05, 4.69) is 5.32 Å². The predicted molar refractivity (Wildman–Crippen MR) is 97.7 cm³/mol. The van der Waals surface area contributed by atoms with E-state index < -0.39 is 41.3 Å². The number of hydrogen-bond donors (Lipinski definition) is 3. The lowest BCUT2D eigenvalue weighted by atomic mass is 10.0. The van der Waals surface area contributed by atoms with Crippen LogP contribution in [0.2, 0.25) is 0 Å². The molecule has 2 heterocycles. The molecule has 148 valence electrons. The number of aliphatic carboxylic acids is 1. The molecule has 9 nitrogen and oxygen atoms in total. The number of nitrogens with one attached hydrogen (secondary N) is 1. The number of fused-ring (bicyclic) bond motifs is 1. The maximum Gasteiger partial charge on any atom is 0.352 e. The van der Waals surface area contributed by atoms with Crippen LogP contribution in [0.15, 0.2) is 41.6 Å². The van der Waals surface area contributed by atoms with Crippen LogP contribution in [-0.2, 0) is 23.9 Å². The number of aliphatic hydroxyl groups excluding tert-OH is 1. The normalized spacial score (nSPS) is 22.1. The Morgan fingerprint density at radius 2 is 2.00 bits per heavy atom. The Kier molecular flexibility index (Phi) is 5.71. The first-order valence-electron chi connectivity index (χ1n) is 8.38. The average molecular weight is 406 g/mol. The van der Waals surface area contributed by atoms with Gasteiger partial charge in [-0.1, -0.05) is 30.3 Å². The highest BCUT2D eigenvalue weighted by Crippen LogP contribution is 2.40. The lowest BCUT2D eigenvalue weighted by Gasteiger charge is -2.49. The molecule has 0 aromatic heterocycles. The van der Waals surface area contributed by atoms with Crippen LogP contribution < -0.4 is 5.32 Å². The summed E-state index contributed by atoms with van der Waals surface area (Å²) in [5, 5.41) is 21.5. The molecule has 1 aromatic carbocycles. The summed E-state index contributed by atoms with van der Waals surface area (Å²) in [7, 11) is 0. The first kappa shape index (κ1) is 19.9. The SMILES string of the molecule is CC(=O)OCC1=C(C(=O)O)N2C(=O)[C@@H](NC(=O)C(O)c3ccccc3)[C@H]2SC1. The number of carbonyl (C=O) groups is 4. The fraction of sp³-hybridized carbons (Fsp3) is 0.333. The largest absolute Gasteiger partial charge is 0.477 e. The number of benzene rings is 1. The molecule has 1 aromatic rings. The van der Waals surface area contributed by atoms with E-state index >= 15 is 0 Å². The standard InChI is InChI=1S/C18H18N2O7S/c1-9(21)27-7-11-8-28-17-12(16(24)20(17)13(11)18(25)26)19-15(23)14(22)10-5-3-2-4-6-10/h2-6,12,14,17,22H,7-8H2,1H3,(H,19,23)(H,25,26)/t12-,14?,17-/m1/s1. The molecule has 0 bridgehead atoms. The summed E-state index contributed by atoms with van der Waals surface area (Å²) in [5.41, 5.74) is 0.463. The second-order valence-corrected chi connectivity index (χ2v) is 7.35. The smallest absolute Gasteiger partial charge is 0.352 e. The van der Waals surface area contributed by atoms with Crippen molar-refractivity contribution in [2.45, 2.75) is 24.4 Å². The number of ether oxygens (including phenoxy) is 1. The third kappa shape index (κ3) is 3.73. The van der Waals surface area contributed by atoms with Crippen molar-refractivity contribution in [3.63, 3.8) is 0 Å². The van der Waals surface area contributed by atoms with E-state index in [-0.39, 0.29) is 18.1 Å². The zero-order chi connectivity index (χ0) is 20.4. The fourth-order valence-corrected chi connectivity index (χ4v) is 4.33. The Bertz CT molecular complexity index is 855. The Labute approximate surface area is 164 Å². The van der Waals surface area contributed by atoms with Crippen molar-refractivity contribution < 1.29 is 34.1 Å². The van der Waals surface area contributed by atoms with Crippen molar-refractivity contribution in [1.82, 2.24) is 10.2 Å². The molecular formula is C18H18N2O7S. The molecule has 0 aliphatic carbocycles. The van der Waals surface area contributed by atoms with Gasteiger partial charge < -0.3 is 20.3 Å². The Hall–Kier alpha value is -2.85. The zero-order valence-corrected chi connectivity index (χ0v) is 15.6. The summed E-state index contributed by atoms with van der Waals surface area (Å²) in [6.07, 6.45) is -1.44. The molecule has 2 amide bonds. The van der Waals surface area contributed by atoms with E-state index in [0.29, 0.717) is 11.1 Å². The van der Waals surface area contributed by atoms with Crippen LogP contribution in [-0.4, -0.2) is 62.6 Å². The Morgan fingerprint density at radius 1 is 1.32 bits per heavy atom. The molecule has 3 N–H and O–H groups in total. The summed E-state index contributed by atoms with van der Waals surface area (Å²) in [6.45, 7) is 0.988. The number of hydrogen-bond acceptors (Lipinski definition) is 7. The molecule has 0 saturated carbocycles. The van der Waals surface area contributed by atoms with Crippen molar-refractivity contribution >= 4 is 35.5 Å². The van der Waals surface area contributed by atoms with Gasteiger partial charge in [0.15, 0.2) is 6.10 Å². The number of esters is 1. The summed E-state index contributed by atoms with van der Waals surface area (Å²) < 4.78 is 4.86. The van der Waals surface area contributed by atoms with E-state index in [4.69, 9.17) is 4.74 Å². The molecular weight excluding hydrogens is 388 g/mol. The van der Waals surface area contributed by atoms with Gasteiger partial charge >= 0.3 is 11.9 Å². The third-order valence-electron chi connectivity index (χ3n) is 4.36. The topological polar surface area (TPSA) is 133 Å². The molecule has 10 heteroatoms. The molecule has 2 aliphatic rings. The first-order valence-corrected chi connectivity index (χ1v) is 9.43. The van der Waals surface area contributed by atoms with Gasteiger partial charge in [0, 0.05) is 18.2 Å². The third-order valence-corrected chi connectivity index (χ3v) is 5.70. The minimum Gasteiger partial charge on any atom is -0.477 e. The fourth-order valence-electron chi connectivity index (χ4n) is 3.00. The molecule has 1 unspecified atom stereocenters. The van der Waals surface area contributed by atoms with Gasteiger partial charge in [-0.25, -0.2) is 4.79 Å². The van der Waals surface area contributed by atoms with Crippen LogP contribution in [0.5, 0.6) is 0 Å². The van der Waals surface area contributed by atoms with Gasteiger partial charge in [-0.2, -0.15) is 0 Å². The average Bonchev–Trinajstić information content (AvgIpc) is 2.69. The number of aliphatic hydroxyl groups is 1. The molecule has 3 rings (SSSR count). The van der Waals surface area contributed by atoms with E-state index in [9.17, 15) is 29.4 Å². The predicted octanol–water partition coefficient (Wildman–Crippen LogP) is 0.0217. The van der Waals surface area contributed by atoms with Gasteiger partial charge in [0.1, 0.15) is 23.7 Å². The van der Waals surface area contributed by atoms with Gasteiger partial charge in [-0.15, -0.1) is 11.8 Å². The van der Waals surface area contributed by atoms with Gasteiger partial charge in [0.25, 0.3) is 11.8 Å². The summed E-state index contributed by atoms with van der Waals surface area (Å²) in [5.74, 6) is -2.97. The van der Waals surface area contributed by atoms with Crippen LogP contribution in [0, 0.1) is 0 Å².